The third kappa shape index (κ3) is 5.66. The molecule has 2 aliphatic rings. The summed E-state index contributed by atoms with van der Waals surface area (Å²) >= 11 is 0. The number of allylic oxidation sites excluding steroid dienone is 4. The molecule has 5 heteroatoms. The van der Waals surface area contributed by atoms with Gasteiger partial charge in [-0.3, -0.25) is 10.4 Å². The van der Waals surface area contributed by atoms with Crippen molar-refractivity contribution in [1.29, 1.82) is 5.41 Å². The van der Waals surface area contributed by atoms with Gasteiger partial charge in [0.15, 0.2) is 0 Å². The first kappa shape index (κ1) is 23.6. The molecule has 0 bridgehead atoms. The van der Waals surface area contributed by atoms with Gasteiger partial charge >= 0.3 is 0 Å². The molecule has 1 saturated heterocycles. The fraction of sp³-hybridized carbons (Fsp3) is 0.310. The lowest BCUT2D eigenvalue weighted by Gasteiger charge is -2.30. The molecule has 1 fully saturated rings. The van der Waals surface area contributed by atoms with Gasteiger partial charge < -0.3 is 15.5 Å². The fourth-order valence-corrected chi connectivity index (χ4v) is 4.37. The fourth-order valence-electron chi connectivity index (χ4n) is 4.37. The minimum absolute atomic E-state index is 0.396. The Bertz CT molecular complexity index is 1150. The minimum Gasteiger partial charge on any atom is -0.359 e. The Morgan fingerprint density at radius 1 is 1.06 bits per heavy atom. The summed E-state index contributed by atoms with van der Waals surface area (Å²) in [7, 11) is 0. The van der Waals surface area contributed by atoms with Crippen LogP contribution < -0.4 is 10.6 Å². The van der Waals surface area contributed by atoms with Gasteiger partial charge in [0.2, 0.25) is 0 Å². The zero-order valence-electron chi connectivity index (χ0n) is 20.3. The van der Waals surface area contributed by atoms with Crippen LogP contribution in [-0.4, -0.2) is 28.7 Å². The average molecular weight is 454 g/mol. The lowest BCUT2D eigenvalue weighted by atomic mass is 9.96. The summed E-state index contributed by atoms with van der Waals surface area (Å²) in [5, 5.41) is 15.5. The summed E-state index contributed by atoms with van der Waals surface area (Å²) in [5.74, 6) is 1.47. The highest BCUT2D eigenvalue weighted by Crippen LogP contribution is 2.26. The van der Waals surface area contributed by atoms with Crippen molar-refractivity contribution < 1.29 is 0 Å². The minimum atomic E-state index is 0.396. The molecule has 0 spiro atoms. The molecule has 3 N–H and O–H groups in total. The number of pyridine rings is 1. The van der Waals surface area contributed by atoms with Crippen molar-refractivity contribution in [2.24, 2.45) is 5.92 Å². The predicted molar refractivity (Wildman–Crippen MR) is 143 cm³/mol. The highest BCUT2D eigenvalue weighted by Gasteiger charge is 2.14. The molecule has 1 aliphatic heterocycles. The van der Waals surface area contributed by atoms with E-state index in [0.717, 1.165) is 59.0 Å². The van der Waals surface area contributed by atoms with Gasteiger partial charge in [-0.1, -0.05) is 44.4 Å². The Kier molecular flexibility index (Phi) is 7.31. The molecule has 2 aromatic rings. The number of likely N-dealkylation sites (tertiary alicyclic amines) is 1. The Morgan fingerprint density at radius 2 is 1.85 bits per heavy atom. The first-order chi connectivity index (χ1) is 16.4. The smallest absolute Gasteiger partial charge is 0.0983 e. The van der Waals surface area contributed by atoms with E-state index in [1.807, 2.05) is 19.3 Å². The van der Waals surface area contributed by atoms with Crippen molar-refractivity contribution in [2.45, 2.75) is 39.5 Å². The number of hydrogen-bond acceptors (Lipinski definition) is 5. The van der Waals surface area contributed by atoms with Gasteiger partial charge in [-0.05, 0) is 67.9 Å². The molecular formula is C29H35N5. The third-order valence-corrected chi connectivity index (χ3v) is 6.52. The van der Waals surface area contributed by atoms with Crippen LogP contribution in [0.4, 0.5) is 5.69 Å². The lowest BCUT2D eigenvalue weighted by molar-refractivity contribution is 0.289. The number of nitrogens with zero attached hydrogens (tertiary/aromatic N) is 2. The number of piperidine rings is 1. The van der Waals surface area contributed by atoms with Crippen LogP contribution in [0.5, 0.6) is 0 Å². The van der Waals surface area contributed by atoms with Crippen LogP contribution in [0, 0.1) is 18.3 Å². The largest absolute Gasteiger partial charge is 0.359 e. The van der Waals surface area contributed by atoms with Crippen LogP contribution in [-0.2, 0) is 0 Å². The van der Waals surface area contributed by atoms with Gasteiger partial charge in [-0.15, -0.1) is 0 Å². The first-order valence-electron chi connectivity index (χ1n) is 12.1. The van der Waals surface area contributed by atoms with Gasteiger partial charge in [-0.2, -0.15) is 0 Å². The van der Waals surface area contributed by atoms with Crippen molar-refractivity contribution >= 4 is 11.4 Å². The second-order valence-corrected chi connectivity index (χ2v) is 9.32. The van der Waals surface area contributed by atoms with E-state index in [1.54, 1.807) is 0 Å². The first-order valence-corrected chi connectivity index (χ1v) is 12.1. The predicted octanol–water partition coefficient (Wildman–Crippen LogP) is 6.38. The molecule has 1 aliphatic carbocycles. The van der Waals surface area contributed by atoms with E-state index in [1.165, 1.54) is 19.3 Å². The molecule has 0 radical (unpaired) electrons. The Labute approximate surface area is 203 Å². The van der Waals surface area contributed by atoms with Gasteiger partial charge in [0.1, 0.15) is 0 Å². The number of anilines is 1. The average Bonchev–Trinajstić information content (AvgIpc) is 2.86. The van der Waals surface area contributed by atoms with Crippen molar-refractivity contribution in [3.63, 3.8) is 0 Å². The Hall–Kier alpha value is -3.60. The number of benzene rings is 1. The number of aryl methyl sites for hydroxylation is 1. The second kappa shape index (κ2) is 10.6. The van der Waals surface area contributed by atoms with E-state index in [0.29, 0.717) is 17.3 Å². The topological polar surface area (TPSA) is 64.0 Å². The molecule has 5 nitrogen and oxygen atoms in total. The molecule has 1 aromatic carbocycles. The quantitative estimate of drug-likeness (QED) is 0.406. The standard InChI is InChI=1S/C29H35N5/c1-20-8-12-26(13-9-20)32-22(3)29(30)28-17-24(11-10-21(28)2)25-16-27(19-31-18-25)33-23(4)34-14-6-5-7-15-34/h8,10-13,16-20,30,32-33H,3-7,9,14-15H2,1-2H3. The van der Waals surface area contributed by atoms with Crippen LogP contribution in [0.2, 0.25) is 0 Å². The van der Waals surface area contributed by atoms with E-state index in [2.05, 4.69) is 83.1 Å². The molecule has 2 heterocycles. The summed E-state index contributed by atoms with van der Waals surface area (Å²) in [5.41, 5.74) is 6.82. The normalized spacial score (nSPS) is 17.6. The number of hydrogen-bond donors (Lipinski definition) is 3. The summed E-state index contributed by atoms with van der Waals surface area (Å²) in [6.45, 7) is 14.7. The van der Waals surface area contributed by atoms with Crippen LogP contribution in [0.15, 0.2) is 85.3 Å². The van der Waals surface area contributed by atoms with Crippen LogP contribution in [0.3, 0.4) is 0 Å². The SMILES string of the molecule is C=C(NC1=CCC(C)C=C1)C(=N)c1cc(-c2cncc(NC(=C)N3CCCCC3)c2)ccc1C. The van der Waals surface area contributed by atoms with Gasteiger partial charge in [-0.25, -0.2) is 0 Å². The summed E-state index contributed by atoms with van der Waals surface area (Å²) in [6.07, 6.45) is 14.8. The van der Waals surface area contributed by atoms with Gasteiger partial charge in [0, 0.05) is 36.1 Å². The van der Waals surface area contributed by atoms with Crippen LogP contribution >= 0.6 is 0 Å². The van der Waals surface area contributed by atoms with Crippen molar-refractivity contribution in [3.05, 3.63) is 96.4 Å². The van der Waals surface area contributed by atoms with Gasteiger partial charge in [0.25, 0.3) is 0 Å². The van der Waals surface area contributed by atoms with Crippen molar-refractivity contribution in [1.82, 2.24) is 15.2 Å². The number of aromatic nitrogens is 1. The molecular weight excluding hydrogens is 418 g/mol. The van der Waals surface area contributed by atoms with Gasteiger partial charge in [0.05, 0.1) is 29.1 Å². The zero-order chi connectivity index (χ0) is 24.1. The zero-order valence-corrected chi connectivity index (χ0v) is 20.3. The van der Waals surface area contributed by atoms with Crippen molar-refractivity contribution in [2.75, 3.05) is 18.4 Å². The highest BCUT2D eigenvalue weighted by atomic mass is 15.2. The van der Waals surface area contributed by atoms with E-state index in [-0.39, 0.29) is 0 Å². The number of nitrogens with one attached hydrogen (secondary N) is 3. The second-order valence-electron chi connectivity index (χ2n) is 9.32. The maximum atomic E-state index is 8.78. The molecule has 4 rings (SSSR count). The molecule has 0 saturated carbocycles. The summed E-state index contributed by atoms with van der Waals surface area (Å²) in [6, 6.07) is 8.28. The molecule has 176 valence electrons. The summed E-state index contributed by atoms with van der Waals surface area (Å²) in [4.78, 5) is 6.76. The molecule has 1 aromatic heterocycles. The summed E-state index contributed by atoms with van der Waals surface area (Å²) < 4.78 is 0. The van der Waals surface area contributed by atoms with E-state index in [4.69, 9.17) is 5.41 Å². The van der Waals surface area contributed by atoms with E-state index < -0.39 is 0 Å². The highest BCUT2D eigenvalue weighted by molar-refractivity contribution is 6.11. The van der Waals surface area contributed by atoms with E-state index in [9.17, 15) is 0 Å². The maximum absolute atomic E-state index is 8.78. The molecule has 1 unspecified atom stereocenters. The Balaban J connectivity index is 1.49. The number of rotatable bonds is 8. The lowest BCUT2D eigenvalue weighted by Crippen LogP contribution is -2.31. The van der Waals surface area contributed by atoms with Crippen molar-refractivity contribution in [3.8, 4) is 11.1 Å². The van der Waals surface area contributed by atoms with E-state index >= 15 is 0 Å². The van der Waals surface area contributed by atoms with Crippen LogP contribution in [0.25, 0.3) is 11.1 Å². The maximum Gasteiger partial charge on any atom is 0.0983 e. The molecule has 34 heavy (non-hydrogen) atoms. The monoisotopic (exact) mass is 453 g/mol. The Morgan fingerprint density at radius 3 is 2.59 bits per heavy atom. The van der Waals surface area contributed by atoms with Crippen LogP contribution in [0.1, 0.15) is 43.7 Å². The molecule has 1 atom stereocenters. The molecule has 0 amide bonds. The third-order valence-electron chi connectivity index (χ3n) is 6.52.